The van der Waals surface area contributed by atoms with Gasteiger partial charge in [-0.25, -0.2) is 4.39 Å². The molecule has 2 heterocycles. The van der Waals surface area contributed by atoms with Crippen LogP contribution in [-0.2, 0) is 11.2 Å². The number of nitrogens with zero attached hydrogens (tertiary/aromatic N) is 2. The Balaban J connectivity index is 1.22. The molecule has 2 aromatic rings. The van der Waals surface area contributed by atoms with Crippen LogP contribution in [0.25, 0.3) is 0 Å². The van der Waals surface area contributed by atoms with Crippen molar-refractivity contribution in [3.8, 4) is 0 Å². The van der Waals surface area contributed by atoms with E-state index in [1.54, 1.807) is 12.1 Å². The molecule has 5 rings (SSSR count). The Hall–Kier alpha value is -2.20. The molecule has 4 heteroatoms. The summed E-state index contributed by atoms with van der Waals surface area (Å²) in [5, 5.41) is 0. The minimum absolute atomic E-state index is 0.187. The van der Waals surface area contributed by atoms with Gasteiger partial charge in [0.05, 0.1) is 0 Å². The van der Waals surface area contributed by atoms with Gasteiger partial charge in [0, 0.05) is 31.5 Å². The van der Waals surface area contributed by atoms with Crippen LogP contribution in [-0.4, -0.2) is 48.4 Å². The molecule has 2 aromatic carbocycles. The second kappa shape index (κ2) is 10.4. The van der Waals surface area contributed by atoms with Crippen LogP contribution in [0.5, 0.6) is 0 Å². The van der Waals surface area contributed by atoms with Crippen molar-refractivity contribution in [1.82, 2.24) is 9.80 Å². The highest BCUT2D eigenvalue weighted by atomic mass is 19.1. The lowest BCUT2D eigenvalue weighted by molar-refractivity contribution is -0.134. The maximum Gasteiger partial charge on any atom is 0.225 e. The van der Waals surface area contributed by atoms with Crippen LogP contribution in [0, 0.1) is 23.6 Å². The standard InChI is InChI=1S/C29H37FN2O/c30-27-12-10-24(11-13-27)28-21-32(29(33)25-8-4-5-9-25)20-26(28)19-31-16-14-23(15-17-31)18-22-6-2-1-3-7-22/h1-3,6-7,10-13,23,25-26,28H,4-5,8-9,14-21H2/t26-,28+/m1/s1. The number of carbonyl (C=O) groups is 1. The second-order valence-corrected chi connectivity index (χ2v) is 10.6. The van der Waals surface area contributed by atoms with Gasteiger partial charge in [-0.2, -0.15) is 0 Å². The fourth-order valence-electron chi connectivity index (χ4n) is 6.41. The summed E-state index contributed by atoms with van der Waals surface area (Å²) in [5.74, 6) is 1.90. The lowest BCUT2D eigenvalue weighted by atomic mass is 9.86. The number of amides is 1. The zero-order chi connectivity index (χ0) is 22.6. The highest BCUT2D eigenvalue weighted by molar-refractivity contribution is 5.79. The van der Waals surface area contributed by atoms with Gasteiger partial charge in [-0.3, -0.25) is 4.79 Å². The molecule has 3 nitrogen and oxygen atoms in total. The first-order chi connectivity index (χ1) is 16.2. The van der Waals surface area contributed by atoms with Gasteiger partial charge in [0.2, 0.25) is 5.91 Å². The van der Waals surface area contributed by atoms with E-state index in [4.69, 9.17) is 0 Å². The minimum atomic E-state index is -0.187. The molecule has 2 aliphatic heterocycles. The third kappa shape index (κ3) is 5.48. The van der Waals surface area contributed by atoms with Crippen molar-refractivity contribution in [2.75, 3.05) is 32.7 Å². The summed E-state index contributed by atoms with van der Waals surface area (Å²) in [6.07, 6.45) is 8.15. The first-order valence-corrected chi connectivity index (χ1v) is 13.0. The number of rotatable bonds is 6. The Kier molecular flexibility index (Phi) is 7.10. The van der Waals surface area contributed by atoms with Crippen molar-refractivity contribution in [3.63, 3.8) is 0 Å². The molecule has 2 saturated heterocycles. The van der Waals surface area contributed by atoms with Crippen molar-refractivity contribution >= 4 is 5.91 Å². The van der Waals surface area contributed by atoms with Crippen LogP contribution < -0.4 is 0 Å². The molecule has 0 N–H and O–H groups in total. The van der Waals surface area contributed by atoms with Crippen molar-refractivity contribution < 1.29 is 9.18 Å². The smallest absolute Gasteiger partial charge is 0.225 e. The van der Waals surface area contributed by atoms with Gasteiger partial charge < -0.3 is 9.80 Å². The van der Waals surface area contributed by atoms with E-state index in [0.717, 1.165) is 51.5 Å². The number of hydrogen-bond acceptors (Lipinski definition) is 2. The van der Waals surface area contributed by atoms with E-state index < -0.39 is 0 Å². The number of likely N-dealkylation sites (tertiary alicyclic amines) is 2. The SMILES string of the molecule is O=C(C1CCCC1)N1C[C@@H](CN2CCC(Cc3ccccc3)CC2)[C@H](c2ccc(F)cc2)C1. The zero-order valence-electron chi connectivity index (χ0n) is 19.7. The fourth-order valence-corrected chi connectivity index (χ4v) is 6.41. The highest BCUT2D eigenvalue weighted by Crippen LogP contribution is 2.37. The van der Waals surface area contributed by atoms with Crippen LogP contribution in [0.1, 0.15) is 55.6 Å². The van der Waals surface area contributed by atoms with Crippen LogP contribution in [0.15, 0.2) is 54.6 Å². The Labute approximate surface area is 198 Å². The van der Waals surface area contributed by atoms with E-state index >= 15 is 0 Å². The fraction of sp³-hybridized carbons (Fsp3) is 0.552. The van der Waals surface area contributed by atoms with Gasteiger partial charge in [0.15, 0.2) is 0 Å². The monoisotopic (exact) mass is 448 g/mol. The van der Waals surface area contributed by atoms with Gasteiger partial charge in [0.25, 0.3) is 0 Å². The normalized spacial score (nSPS) is 25.1. The summed E-state index contributed by atoms with van der Waals surface area (Å²) < 4.78 is 13.6. The predicted molar refractivity (Wildman–Crippen MR) is 130 cm³/mol. The van der Waals surface area contributed by atoms with E-state index in [2.05, 4.69) is 40.1 Å². The van der Waals surface area contributed by atoms with E-state index in [-0.39, 0.29) is 11.7 Å². The number of hydrogen-bond donors (Lipinski definition) is 0. The van der Waals surface area contributed by atoms with Gasteiger partial charge in [-0.1, -0.05) is 55.3 Å². The molecule has 0 unspecified atom stereocenters. The maximum absolute atomic E-state index is 13.6. The molecule has 2 atom stereocenters. The number of piperidine rings is 1. The Morgan fingerprint density at radius 1 is 0.879 bits per heavy atom. The van der Waals surface area contributed by atoms with Gasteiger partial charge in [-0.05, 0) is 80.3 Å². The van der Waals surface area contributed by atoms with Gasteiger partial charge >= 0.3 is 0 Å². The molecule has 1 aliphatic carbocycles. The largest absolute Gasteiger partial charge is 0.341 e. The Morgan fingerprint density at radius 3 is 2.27 bits per heavy atom. The lowest BCUT2D eigenvalue weighted by Crippen LogP contribution is -2.39. The third-order valence-electron chi connectivity index (χ3n) is 8.32. The summed E-state index contributed by atoms with van der Waals surface area (Å²) in [7, 11) is 0. The number of carbonyl (C=O) groups excluding carboxylic acids is 1. The van der Waals surface area contributed by atoms with Crippen LogP contribution in [0.4, 0.5) is 4.39 Å². The number of halogens is 1. The van der Waals surface area contributed by atoms with E-state index in [9.17, 15) is 9.18 Å². The molecule has 1 amide bonds. The highest BCUT2D eigenvalue weighted by Gasteiger charge is 2.39. The molecule has 33 heavy (non-hydrogen) atoms. The average Bonchev–Trinajstić information content (AvgIpc) is 3.52. The van der Waals surface area contributed by atoms with E-state index in [1.807, 2.05) is 12.1 Å². The quantitative estimate of drug-likeness (QED) is 0.582. The summed E-state index contributed by atoms with van der Waals surface area (Å²) >= 11 is 0. The molecule has 176 valence electrons. The molecule has 3 fully saturated rings. The zero-order valence-corrected chi connectivity index (χ0v) is 19.7. The average molecular weight is 449 g/mol. The lowest BCUT2D eigenvalue weighted by Gasteiger charge is -2.34. The van der Waals surface area contributed by atoms with E-state index in [1.165, 1.54) is 43.2 Å². The Bertz CT molecular complexity index is 901. The Morgan fingerprint density at radius 2 is 1.58 bits per heavy atom. The molecular formula is C29H37FN2O. The molecular weight excluding hydrogens is 411 g/mol. The number of benzene rings is 2. The van der Waals surface area contributed by atoms with Crippen LogP contribution in [0.2, 0.25) is 0 Å². The van der Waals surface area contributed by atoms with Crippen molar-refractivity contribution in [2.45, 2.75) is 50.9 Å². The van der Waals surface area contributed by atoms with Crippen LogP contribution >= 0.6 is 0 Å². The van der Waals surface area contributed by atoms with Crippen molar-refractivity contribution in [1.29, 1.82) is 0 Å². The molecule has 0 aromatic heterocycles. The first kappa shape index (κ1) is 22.6. The third-order valence-corrected chi connectivity index (χ3v) is 8.32. The van der Waals surface area contributed by atoms with Crippen LogP contribution in [0.3, 0.4) is 0 Å². The van der Waals surface area contributed by atoms with Crippen molar-refractivity contribution in [3.05, 3.63) is 71.5 Å². The second-order valence-electron chi connectivity index (χ2n) is 10.6. The van der Waals surface area contributed by atoms with Crippen molar-refractivity contribution in [2.24, 2.45) is 17.8 Å². The topological polar surface area (TPSA) is 23.6 Å². The van der Waals surface area contributed by atoms with E-state index in [0.29, 0.717) is 17.7 Å². The summed E-state index contributed by atoms with van der Waals surface area (Å²) in [4.78, 5) is 17.9. The molecule has 0 spiro atoms. The molecule has 0 bridgehead atoms. The van der Waals surface area contributed by atoms with Gasteiger partial charge in [0.1, 0.15) is 5.82 Å². The molecule has 3 aliphatic rings. The first-order valence-electron chi connectivity index (χ1n) is 13.0. The predicted octanol–water partition coefficient (Wildman–Crippen LogP) is 5.51. The molecule has 0 radical (unpaired) electrons. The minimum Gasteiger partial charge on any atom is -0.341 e. The molecule has 1 saturated carbocycles. The van der Waals surface area contributed by atoms with Gasteiger partial charge in [-0.15, -0.1) is 0 Å². The summed E-state index contributed by atoms with van der Waals surface area (Å²) in [5.41, 5.74) is 2.63. The maximum atomic E-state index is 13.6. The summed E-state index contributed by atoms with van der Waals surface area (Å²) in [6, 6.07) is 17.9. The summed E-state index contributed by atoms with van der Waals surface area (Å²) in [6.45, 7) is 4.95.